The van der Waals surface area contributed by atoms with E-state index in [2.05, 4.69) is 15.9 Å². The van der Waals surface area contributed by atoms with E-state index in [1.165, 1.54) is 0 Å². The summed E-state index contributed by atoms with van der Waals surface area (Å²) in [5.74, 6) is -0.676. The average molecular weight is 340 g/mol. The molecule has 2 rings (SSSR count). The van der Waals surface area contributed by atoms with Crippen molar-refractivity contribution in [2.24, 2.45) is 5.73 Å². The summed E-state index contributed by atoms with van der Waals surface area (Å²) in [4.78, 5) is 25.4. The van der Waals surface area contributed by atoms with Crippen LogP contribution in [-0.4, -0.2) is 29.3 Å². The molecule has 2 amide bonds. The van der Waals surface area contributed by atoms with Gasteiger partial charge in [-0.1, -0.05) is 12.8 Å². The molecular weight excluding hydrogens is 322 g/mol. The number of amides is 2. The molecule has 6 heteroatoms. The minimum atomic E-state index is -0.490. The van der Waals surface area contributed by atoms with Crippen molar-refractivity contribution in [1.82, 2.24) is 4.90 Å². The van der Waals surface area contributed by atoms with Crippen molar-refractivity contribution in [3.8, 4) is 0 Å². The van der Waals surface area contributed by atoms with Gasteiger partial charge in [0.05, 0.1) is 6.54 Å². The molecule has 0 atom stereocenters. The van der Waals surface area contributed by atoms with Crippen molar-refractivity contribution < 1.29 is 9.59 Å². The van der Waals surface area contributed by atoms with Gasteiger partial charge in [-0.05, 0) is 47.0 Å². The molecule has 5 nitrogen and oxygen atoms in total. The fourth-order valence-electron chi connectivity index (χ4n) is 2.59. The van der Waals surface area contributed by atoms with E-state index in [-0.39, 0.29) is 18.5 Å². The maximum absolute atomic E-state index is 12.6. The van der Waals surface area contributed by atoms with Crippen LogP contribution in [0.5, 0.6) is 0 Å². The predicted octanol–water partition coefficient (Wildman–Crippen LogP) is 1.90. The van der Waals surface area contributed by atoms with Crippen LogP contribution in [0, 0.1) is 0 Å². The van der Waals surface area contributed by atoms with Gasteiger partial charge in [0.25, 0.3) is 5.91 Å². The zero-order chi connectivity index (χ0) is 14.7. The molecule has 0 unspecified atom stereocenters. The molecular formula is C14H18BrN3O2. The molecule has 0 spiro atoms. The Morgan fingerprint density at radius 2 is 1.95 bits per heavy atom. The highest BCUT2D eigenvalue weighted by atomic mass is 79.9. The van der Waals surface area contributed by atoms with Crippen LogP contribution in [-0.2, 0) is 4.79 Å². The Morgan fingerprint density at radius 3 is 2.50 bits per heavy atom. The molecule has 0 bridgehead atoms. The largest absolute Gasteiger partial charge is 0.398 e. The van der Waals surface area contributed by atoms with E-state index in [0.29, 0.717) is 11.3 Å². The summed E-state index contributed by atoms with van der Waals surface area (Å²) in [5.41, 5.74) is 12.1. The second-order valence-corrected chi connectivity index (χ2v) is 5.93. The fraction of sp³-hybridized carbons (Fsp3) is 0.429. The zero-order valence-electron chi connectivity index (χ0n) is 11.1. The maximum Gasteiger partial charge on any atom is 0.254 e. The van der Waals surface area contributed by atoms with Gasteiger partial charge in [-0.2, -0.15) is 0 Å². The number of halogens is 1. The van der Waals surface area contributed by atoms with E-state index in [0.717, 1.165) is 30.2 Å². The van der Waals surface area contributed by atoms with Crippen molar-refractivity contribution >= 4 is 33.4 Å². The number of nitrogens with two attached hydrogens (primary N) is 2. The van der Waals surface area contributed by atoms with E-state index < -0.39 is 5.91 Å². The minimum absolute atomic E-state index is 0.0422. The lowest BCUT2D eigenvalue weighted by molar-refractivity contribution is -0.119. The number of hydrogen-bond acceptors (Lipinski definition) is 3. The molecule has 0 aromatic heterocycles. The molecule has 0 aliphatic heterocycles. The molecule has 0 saturated heterocycles. The molecule has 1 aromatic rings. The number of carbonyl (C=O) groups is 2. The predicted molar refractivity (Wildman–Crippen MR) is 81.0 cm³/mol. The van der Waals surface area contributed by atoms with Crippen LogP contribution in [0.4, 0.5) is 5.69 Å². The Bertz CT molecular complexity index is 527. The smallest absolute Gasteiger partial charge is 0.254 e. The van der Waals surface area contributed by atoms with Gasteiger partial charge in [-0.25, -0.2) is 0 Å². The van der Waals surface area contributed by atoms with Crippen LogP contribution in [0.3, 0.4) is 0 Å². The van der Waals surface area contributed by atoms with Gasteiger partial charge in [0.1, 0.15) is 0 Å². The summed E-state index contributed by atoms with van der Waals surface area (Å²) in [6.07, 6.45) is 4.00. The quantitative estimate of drug-likeness (QED) is 0.821. The molecule has 0 heterocycles. The second kappa shape index (κ2) is 6.26. The number of hydrogen-bond donors (Lipinski definition) is 2. The Kier molecular flexibility index (Phi) is 4.65. The van der Waals surface area contributed by atoms with Crippen LogP contribution in [0.1, 0.15) is 36.0 Å². The summed E-state index contributed by atoms with van der Waals surface area (Å²) >= 11 is 3.30. The van der Waals surface area contributed by atoms with Crippen LogP contribution in [0.15, 0.2) is 22.7 Å². The first-order valence-corrected chi connectivity index (χ1v) is 7.42. The summed E-state index contributed by atoms with van der Waals surface area (Å²) in [6.45, 7) is -0.0422. The topological polar surface area (TPSA) is 89.4 Å². The molecule has 1 aromatic carbocycles. The lowest BCUT2D eigenvalue weighted by Crippen LogP contribution is -2.44. The molecule has 0 radical (unpaired) electrons. The minimum Gasteiger partial charge on any atom is -0.398 e. The Morgan fingerprint density at radius 1 is 1.30 bits per heavy atom. The first-order valence-electron chi connectivity index (χ1n) is 6.63. The SMILES string of the molecule is NC(=O)CN(C(=O)c1ccc(Br)c(N)c1)C1CCCC1. The highest BCUT2D eigenvalue weighted by Gasteiger charge is 2.28. The summed E-state index contributed by atoms with van der Waals surface area (Å²) < 4.78 is 0.747. The van der Waals surface area contributed by atoms with Crippen LogP contribution in [0.2, 0.25) is 0 Å². The van der Waals surface area contributed by atoms with Gasteiger partial charge >= 0.3 is 0 Å². The number of nitrogens with zero attached hydrogens (tertiary/aromatic N) is 1. The first kappa shape index (κ1) is 14.8. The monoisotopic (exact) mass is 339 g/mol. The Labute approximate surface area is 126 Å². The zero-order valence-corrected chi connectivity index (χ0v) is 12.7. The van der Waals surface area contributed by atoms with Gasteiger partial charge < -0.3 is 16.4 Å². The molecule has 4 N–H and O–H groups in total. The van der Waals surface area contributed by atoms with Crippen LogP contribution in [0.25, 0.3) is 0 Å². The molecule has 20 heavy (non-hydrogen) atoms. The lowest BCUT2D eigenvalue weighted by atomic mass is 10.1. The Hall–Kier alpha value is -1.56. The highest BCUT2D eigenvalue weighted by molar-refractivity contribution is 9.10. The van der Waals surface area contributed by atoms with E-state index in [9.17, 15) is 9.59 Å². The number of nitrogen functional groups attached to an aromatic ring is 1. The summed E-state index contributed by atoms with van der Waals surface area (Å²) in [5, 5.41) is 0. The fourth-order valence-corrected chi connectivity index (χ4v) is 2.84. The number of carbonyl (C=O) groups excluding carboxylic acids is 2. The second-order valence-electron chi connectivity index (χ2n) is 5.07. The number of benzene rings is 1. The van der Waals surface area contributed by atoms with Crippen molar-refractivity contribution in [3.63, 3.8) is 0 Å². The first-order chi connectivity index (χ1) is 9.49. The van der Waals surface area contributed by atoms with Gasteiger partial charge in [0, 0.05) is 21.8 Å². The summed E-state index contributed by atoms with van der Waals surface area (Å²) in [7, 11) is 0. The molecule has 1 fully saturated rings. The number of primary amides is 1. The molecule has 1 aliphatic rings. The third-order valence-corrected chi connectivity index (χ3v) is 4.32. The highest BCUT2D eigenvalue weighted by Crippen LogP contribution is 2.26. The normalized spacial score (nSPS) is 15.2. The summed E-state index contributed by atoms with van der Waals surface area (Å²) in [6, 6.07) is 5.15. The van der Waals surface area contributed by atoms with Crippen LogP contribution >= 0.6 is 15.9 Å². The van der Waals surface area contributed by atoms with Gasteiger partial charge in [-0.3, -0.25) is 9.59 Å². The van der Waals surface area contributed by atoms with E-state index in [4.69, 9.17) is 11.5 Å². The molecule has 1 saturated carbocycles. The lowest BCUT2D eigenvalue weighted by Gasteiger charge is -2.28. The van der Waals surface area contributed by atoms with Crippen molar-refractivity contribution in [2.75, 3.05) is 12.3 Å². The van der Waals surface area contributed by atoms with Gasteiger partial charge in [0.2, 0.25) is 5.91 Å². The van der Waals surface area contributed by atoms with E-state index >= 15 is 0 Å². The standard InChI is InChI=1S/C14H18BrN3O2/c15-11-6-5-9(7-12(11)16)14(20)18(8-13(17)19)10-3-1-2-4-10/h5-7,10H,1-4,8,16H2,(H2,17,19). The number of rotatable bonds is 4. The average Bonchev–Trinajstić information content (AvgIpc) is 2.92. The molecule has 1 aliphatic carbocycles. The van der Waals surface area contributed by atoms with Gasteiger partial charge in [-0.15, -0.1) is 0 Å². The third-order valence-electron chi connectivity index (χ3n) is 3.60. The Balaban J connectivity index is 2.24. The van der Waals surface area contributed by atoms with E-state index in [1.807, 2.05) is 0 Å². The van der Waals surface area contributed by atoms with Gasteiger partial charge in [0.15, 0.2) is 0 Å². The van der Waals surface area contributed by atoms with E-state index in [1.54, 1.807) is 23.1 Å². The number of anilines is 1. The molecule has 108 valence electrons. The third kappa shape index (κ3) is 3.30. The van der Waals surface area contributed by atoms with Crippen molar-refractivity contribution in [2.45, 2.75) is 31.7 Å². The van der Waals surface area contributed by atoms with Crippen molar-refractivity contribution in [1.29, 1.82) is 0 Å². The van der Waals surface area contributed by atoms with Crippen molar-refractivity contribution in [3.05, 3.63) is 28.2 Å². The maximum atomic E-state index is 12.6. The van der Waals surface area contributed by atoms with Crippen LogP contribution < -0.4 is 11.5 Å².